The second-order valence-electron chi connectivity index (χ2n) is 9.10. The predicted molar refractivity (Wildman–Crippen MR) is 148 cm³/mol. The molecule has 0 saturated carbocycles. The molecule has 0 aromatic heterocycles. The topological polar surface area (TPSA) is 43.3 Å². The van der Waals surface area contributed by atoms with Crippen LogP contribution in [0.15, 0.2) is 107 Å². The maximum Gasteiger partial charge on any atom is 0.213 e. The van der Waals surface area contributed by atoms with E-state index in [0.717, 1.165) is 56.1 Å². The molecule has 0 bridgehead atoms. The molecule has 37 heavy (non-hydrogen) atoms. The molecule has 0 saturated heterocycles. The van der Waals surface area contributed by atoms with Crippen molar-refractivity contribution < 1.29 is 14.2 Å². The van der Waals surface area contributed by atoms with Gasteiger partial charge in [-0.15, -0.1) is 0 Å². The average Bonchev–Trinajstić information content (AvgIpc) is 3.39. The second kappa shape index (κ2) is 10.3. The Kier molecular flexibility index (Phi) is 6.58. The summed E-state index contributed by atoms with van der Waals surface area (Å²) in [5.41, 5.74) is 5.44. The van der Waals surface area contributed by atoms with Crippen LogP contribution in [0.5, 0.6) is 17.2 Å². The average molecular weight is 555 g/mol. The van der Waals surface area contributed by atoms with Gasteiger partial charge in [0.15, 0.2) is 0 Å². The van der Waals surface area contributed by atoms with Gasteiger partial charge in [0.1, 0.15) is 23.9 Å². The van der Waals surface area contributed by atoms with Crippen LogP contribution in [-0.4, -0.2) is 17.3 Å². The molecular formula is C31H27BrN2O3. The highest BCUT2D eigenvalue weighted by Crippen LogP contribution is 2.48. The van der Waals surface area contributed by atoms with Gasteiger partial charge in [-0.1, -0.05) is 46.3 Å². The third-order valence-electron chi connectivity index (χ3n) is 6.66. The Morgan fingerprint density at radius 2 is 1.62 bits per heavy atom. The summed E-state index contributed by atoms with van der Waals surface area (Å²) in [5, 5.41) is 7.18. The number of nitrogens with zero attached hydrogens (tertiary/aromatic N) is 2. The van der Waals surface area contributed by atoms with Crippen molar-refractivity contribution in [2.45, 2.75) is 32.2 Å². The van der Waals surface area contributed by atoms with E-state index >= 15 is 0 Å². The van der Waals surface area contributed by atoms with Gasteiger partial charge in [0.05, 0.1) is 18.4 Å². The van der Waals surface area contributed by atoms with Crippen LogP contribution in [0.2, 0.25) is 0 Å². The molecule has 4 aromatic carbocycles. The Morgan fingerprint density at radius 1 is 0.892 bits per heavy atom. The summed E-state index contributed by atoms with van der Waals surface area (Å²) in [4.78, 5) is 0. The molecule has 0 radical (unpaired) electrons. The smallest absolute Gasteiger partial charge is 0.213 e. The molecule has 6 heteroatoms. The van der Waals surface area contributed by atoms with E-state index in [0.29, 0.717) is 13.2 Å². The van der Waals surface area contributed by atoms with Crippen LogP contribution in [0.25, 0.3) is 0 Å². The van der Waals surface area contributed by atoms with E-state index in [-0.39, 0.29) is 12.3 Å². The molecule has 2 atom stereocenters. The number of rotatable bonds is 7. The van der Waals surface area contributed by atoms with Gasteiger partial charge < -0.3 is 14.2 Å². The van der Waals surface area contributed by atoms with Crippen molar-refractivity contribution in [3.05, 3.63) is 124 Å². The predicted octanol–water partition coefficient (Wildman–Crippen LogP) is 7.67. The summed E-state index contributed by atoms with van der Waals surface area (Å²) in [6, 6.07) is 32.8. The zero-order valence-electron chi connectivity index (χ0n) is 20.5. The van der Waals surface area contributed by atoms with E-state index in [2.05, 4.69) is 63.4 Å². The molecule has 6 rings (SSSR count). The first-order chi connectivity index (χ1) is 18.2. The highest BCUT2D eigenvalue weighted by molar-refractivity contribution is 9.10. The summed E-state index contributed by atoms with van der Waals surface area (Å²) < 4.78 is 19.2. The van der Waals surface area contributed by atoms with Gasteiger partial charge in [0.25, 0.3) is 0 Å². The fraction of sp³-hybridized carbons (Fsp3) is 0.194. The maximum absolute atomic E-state index is 6.53. The molecule has 186 valence electrons. The zero-order chi connectivity index (χ0) is 25.2. The van der Waals surface area contributed by atoms with Crippen molar-refractivity contribution >= 4 is 21.6 Å². The minimum absolute atomic E-state index is 0.0850. The van der Waals surface area contributed by atoms with Crippen LogP contribution in [0.3, 0.4) is 0 Å². The van der Waals surface area contributed by atoms with E-state index < -0.39 is 0 Å². The van der Waals surface area contributed by atoms with Crippen LogP contribution >= 0.6 is 15.9 Å². The Hall–Kier alpha value is -3.77. The maximum atomic E-state index is 6.53. The third kappa shape index (κ3) is 4.94. The Balaban J connectivity index is 1.28. The molecular weight excluding hydrogens is 528 g/mol. The van der Waals surface area contributed by atoms with Crippen molar-refractivity contribution in [3.8, 4) is 17.2 Å². The fourth-order valence-electron chi connectivity index (χ4n) is 4.83. The van der Waals surface area contributed by atoms with Gasteiger partial charge in [0.2, 0.25) is 6.23 Å². The molecule has 0 unspecified atom stereocenters. The molecule has 2 heterocycles. The number of hydrogen-bond donors (Lipinski definition) is 0. The third-order valence-corrected chi connectivity index (χ3v) is 7.16. The molecule has 0 spiro atoms. The molecule has 0 amide bonds. The van der Waals surface area contributed by atoms with Crippen LogP contribution in [0.1, 0.15) is 47.9 Å². The standard InChI is InChI=1S/C31H27BrN2O3/c1-2-35-25-13-8-22(9-14-25)28-19-29-27-18-24(32)12-17-30(27)37-31(34(29)33-28)23-10-15-26(16-11-23)36-20-21-6-4-3-5-7-21/h3-18,29,31H,2,19-20H2,1H3/t29-,31-/m1/s1. The summed E-state index contributed by atoms with van der Waals surface area (Å²) in [5.74, 6) is 2.58. The first kappa shape index (κ1) is 23.6. The number of ether oxygens (including phenoxy) is 3. The SMILES string of the molecule is CCOc1ccc(C2=NN3[C@H](C2)c2cc(Br)ccc2O[C@@H]3c2ccc(OCc3ccccc3)cc2)cc1. The lowest BCUT2D eigenvalue weighted by atomic mass is 9.96. The molecule has 2 aliphatic rings. The minimum atomic E-state index is -0.331. The van der Waals surface area contributed by atoms with Crippen LogP contribution in [-0.2, 0) is 6.61 Å². The molecule has 4 aromatic rings. The number of hydrogen-bond acceptors (Lipinski definition) is 5. The van der Waals surface area contributed by atoms with Crippen molar-refractivity contribution in [2.75, 3.05) is 6.61 Å². The van der Waals surface area contributed by atoms with Gasteiger partial charge in [-0.3, -0.25) is 0 Å². The second-order valence-corrected chi connectivity index (χ2v) is 10.0. The number of benzene rings is 4. The monoisotopic (exact) mass is 554 g/mol. The van der Waals surface area contributed by atoms with Crippen LogP contribution in [0, 0.1) is 0 Å². The summed E-state index contributed by atoms with van der Waals surface area (Å²) in [6.45, 7) is 3.17. The lowest BCUT2D eigenvalue weighted by Gasteiger charge is -2.38. The van der Waals surface area contributed by atoms with E-state index in [1.807, 2.05) is 61.5 Å². The molecule has 0 fully saturated rings. The van der Waals surface area contributed by atoms with E-state index in [4.69, 9.17) is 19.3 Å². The highest BCUT2D eigenvalue weighted by atomic mass is 79.9. The van der Waals surface area contributed by atoms with E-state index in [1.54, 1.807) is 0 Å². The Labute approximate surface area is 225 Å². The van der Waals surface area contributed by atoms with Gasteiger partial charge in [-0.2, -0.15) is 5.10 Å². The van der Waals surface area contributed by atoms with E-state index in [1.165, 1.54) is 0 Å². The van der Waals surface area contributed by atoms with Crippen molar-refractivity contribution in [1.82, 2.24) is 5.01 Å². The minimum Gasteiger partial charge on any atom is -0.494 e. The lowest BCUT2D eigenvalue weighted by molar-refractivity contribution is -0.0191. The van der Waals surface area contributed by atoms with E-state index in [9.17, 15) is 0 Å². The summed E-state index contributed by atoms with van der Waals surface area (Å²) in [7, 11) is 0. The normalized spacial score (nSPS) is 17.9. The molecule has 0 aliphatic carbocycles. The van der Waals surface area contributed by atoms with Gasteiger partial charge in [0, 0.05) is 22.0 Å². The molecule has 2 aliphatic heterocycles. The Morgan fingerprint density at radius 3 is 2.38 bits per heavy atom. The zero-order valence-corrected chi connectivity index (χ0v) is 22.1. The number of halogens is 1. The van der Waals surface area contributed by atoms with Gasteiger partial charge >= 0.3 is 0 Å². The molecule has 5 nitrogen and oxygen atoms in total. The quantitative estimate of drug-likeness (QED) is 0.235. The largest absolute Gasteiger partial charge is 0.494 e. The van der Waals surface area contributed by atoms with Crippen LogP contribution in [0.4, 0.5) is 0 Å². The summed E-state index contributed by atoms with van der Waals surface area (Å²) >= 11 is 3.63. The first-order valence-electron chi connectivity index (χ1n) is 12.5. The number of fused-ring (bicyclic) bond motifs is 3. The lowest BCUT2D eigenvalue weighted by Crippen LogP contribution is -2.33. The van der Waals surface area contributed by atoms with Crippen LogP contribution < -0.4 is 14.2 Å². The van der Waals surface area contributed by atoms with Gasteiger partial charge in [-0.25, -0.2) is 5.01 Å². The first-order valence-corrected chi connectivity index (χ1v) is 13.3. The Bertz CT molecular complexity index is 1410. The molecule has 0 N–H and O–H groups in total. The summed E-state index contributed by atoms with van der Waals surface area (Å²) in [6.07, 6.45) is 0.470. The fourth-order valence-corrected chi connectivity index (χ4v) is 5.21. The highest BCUT2D eigenvalue weighted by Gasteiger charge is 2.41. The van der Waals surface area contributed by atoms with Crippen molar-refractivity contribution in [1.29, 1.82) is 0 Å². The van der Waals surface area contributed by atoms with Crippen molar-refractivity contribution in [2.24, 2.45) is 5.10 Å². The van der Waals surface area contributed by atoms with Gasteiger partial charge in [-0.05, 0) is 84.8 Å². The van der Waals surface area contributed by atoms with Crippen molar-refractivity contribution in [3.63, 3.8) is 0 Å². The number of hydrazone groups is 1.